The predicted octanol–water partition coefficient (Wildman–Crippen LogP) is 4.13. The number of carbonyl (C=O) groups excluding carboxylic acids is 1. The fourth-order valence-corrected chi connectivity index (χ4v) is 4.29. The quantitative estimate of drug-likeness (QED) is 0.357. The standard InChI is InChI=1S/C28H32N6O3/c1-3-20-4-6-21(7-5-20)31-28-32-24-18-22(8-9-26(24)33(28)2)37-23-10-11-29-25(19-23)27(35)30-12-13-34-14-16-36-17-15-34/h4-11,18-19H,3,12-17H2,1-2H3,(H,30,35)(H,31,32). The number of imidazole rings is 1. The lowest BCUT2D eigenvalue weighted by molar-refractivity contribution is 0.0383. The second-order valence-corrected chi connectivity index (χ2v) is 9.01. The Kier molecular flexibility index (Phi) is 7.62. The average Bonchev–Trinajstić information content (AvgIpc) is 3.24. The number of benzene rings is 2. The molecule has 1 saturated heterocycles. The van der Waals surface area contributed by atoms with Crippen LogP contribution in [0, 0.1) is 0 Å². The van der Waals surface area contributed by atoms with Gasteiger partial charge in [-0.15, -0.1) is 0 Å². The average molecular weight is 501 g/mol. The molecule has 4 aromatic rings. The molecule has 0 unspecified atom stereocenters. The van der Waals surface area contributed by atoms with Gasteiger partial charge in [0.25, 0.3) is 5.91 Å². The number of amides is 1. The lowest BCUT2D eigenvalue weighted by Gasteiger charge is -2.26. The van der Waals surface area contributed by atoms with Gasteiger partial charge in [0.15, 0.2) is 0 Å². The van der Waals surface area contributed by atoms with Gasteiger partial charge < -0.3 is 24.7 Å². The van der Waals surface area contributed by atoms with Crippen molar-refractivity contribution in [3.05, 3.63) is 72.1 Å². The van der Waals surface area contributed by atoms with Gasteiger partial charge >= 0.3 is 0 Å². The molecular weight excluding hydrogens is 468 g/mol. The Morgan fingerprint density at radius 3 is 2.62 bits per heavy atom. The minimum atomic E-state index is -0.221. The van der Waals surface area contributed by atoms with Gasteiger partial charge in [-0.05, 0) is 42.3 Å². The fraction of sp³-hybridized carbons (Fsp3) is 0.321. The molecule has 1 amide bonds. The molecule has 5 rings (SSSR count). The lowest BCUT2D eigenvalue weighted by Crippen LogP contribution is -2.41. The molecule has 0 saturated carbocycles. The summed E-state index contributed by atoms with van der Waals surface area (Å²) in [6, 6.07) is 17.5. The highest BCUT2D eigenvalue weighted by molar-refractivity contribution is 5.92. The topological polar surface area (TPSA) is 93.5 Å². The third kappa shape index (κ3) is 6.07. The summed E-state index contributed by atoms with van der Waals surface area (Å²) >= 11 is 0. The zero-order valence-electron chi connectivity index (χ0n) is 21.2. The lowest BCUT2D eigenvalue weighted by atomic mass is 10.1. The Morgan fingerprint density at radius 2 is 1.84 bits per heavy atom. The molecule has 0 aliphatic carbocycles. The molecule has 0 atom stereocenters. The summed E-state index contributed by atoms with van der Waals surface area (Å²) in [5.41, 5.74) is 4.39. The van der Waals surface area contributed by atoms with E-state index in [0.29, 0.717) is 23.7 Å². The van der Waals surface area contributed by atoms with Gasteiger partial charge in [-0.1, -0.05) is 19.1 Å². The number of nitrogens with zero attached hydrogens (tertiary/aromatic N) is 4. The van der Waals surface area contributed by atoms with Crippen LogP contribution in [0.1, 0.15) is 23.0 Å². The van der Waals surface area contributed by atoms with E-state index in [2.05, 4.69) is 51.7 Å². The molecule has 2 aromatic carbocycles. The van der Waals surface area contributed by atoms with Crippen LogP contribution in [0.15, 0.2) is 60.8 Å². The van der Waals surface area contributed by atoms with E-state index in [0.717, 1.165) is 61.9 Å². The van der Waals surface area contributed by atoms with Crippen molar-refractivity contribution in [1.82, 2.24) is 24.8 Å². The summed E-state index contributed by atoms with van der Waals surface area (Å²) < 4.78 is 13.4. The van der Waals surface area contributed by atoms with Crippen LogP contribution in [-0.4, -0.2) is 64.7 Å². The molecule has 0 radical (unpaired) electrons. The van der Waals surface area contributed by atoms with Crippen molar-refractivity contribution in [2.45, 2.75) is 13.3 Å². The highest BCUT2D eigenvalue weighted by Gasteiger charge is 2.13. The molecule has 2 aromatic heterocycles. The first-order chi connectivity index (χ1) is 18.1. The Hall–Kier alpha value is -3.95. The van der Waals surface area contributed by atoms with Crippen LogP contribution in [0.5, 0.6) is 11.5 Å². The van der Waals surface area contributed by atoms with Crippen molar-refractivity contribution in [2.24, 2.45) is 7.05 Å². The number of anilines is 2. The first-order valence-electron chi connectivity index (χ1n) is 12.6. The Bertz CT molecular complexity index is 1360. The van der Waals surface area contributed by atoms with Crippen LogP contribution in [0.4, 0.5) is 11.6 Å². The molecule has 2 N–H and O–H groups in total. The van der Waals surface area contributed by atoms with Crippen LogP contribution in [-0.2, 0) is 18.2 Å². The molecule has 1 aliphatic rings. The van der Waals surface area contributed by atoms with Gasteiger partial charge in [0.1, 0.15) is 17.2 Å². The molecule has 0 bridgehead atoms. The third-order valence-corrected chi connectivity index (χ3v) is 6.49. The zero-order chi connectivity index (χ0) is 25.6. The van der Waals surface area contributed by atoms with Crippen LogP contribution in [0.3, 0.4) is 0 Å². The van der Waals surface area contributed by atoms with Crippen LogP contribution >= 0.6 is 0 Å². The Labute approximate surface area is 216 Å². The minimum absolute atomic E-state index is 0.221. The summed E-state index contributed by atoms with van der Waals surface area (Å²) in [6.07, 6.45) is 2.59. The number of rotatable bonds is 9. The largest absolute Gasteiger partial charge is 0.457 e. The van der Waals surface area contributed by atoms with E-state index >= 15 is 0 Å². The molecule has 9 heteroatoms. The number of aryl methyl sites for hydroxylation is 2. The first-order valence-corrected chi connectivity index (χ1v) is 12.6. The molecule has 192 valence electrons. The number of morpholine rings is 1. The monoisotopic (exact) mass is 500 g/mol. The van der Waals surface area contributed by atoms with Gasteiger partial charge in [-0.25, -0.2) is 4.98 Å². The number of hydrogen-bond donors (Lipinski definition) is 2. The molecule has 3 heterocycles. The summed E-state index contributed by atoms with van der Waals surface area (Å²) in [5.74, 6) is 1.70. The van der Waals surface area contributed by atoms with Crippen LogP contribution in [0.2, 0.25) is 0 Å². The van der Waals surface area contributed by atoms with Crippen molar-refractivity contribution in [3.8, 4) is 11.5 Å². The normalized spacial score (nSPS) is 14.0. The SMILES string of the molecule is CCc1ccc(Nc2nc3cc(Oc4ccnc(C(=O)NCCN5CCOCC5)c4)ccc3n2C)cc1. The maximum absolute atomic E-state index is 12.6. The van der Waals surface area contributed by atoms with Crippen LogP contribution in [0.25, 0.3) is 11.0 Å². The van der Waals surface area contributed by atoms with E-state index < -0.39 is 0 Å². The first kappa shape index (κ1) is 24.7. The third-order valence-electron chi connectivity index (χ3n) is 6.49. The van der Waals surface area contributed by atoms with Crippen LogP contribution < -0.4 is 15.4 Å². The van der Waals surface area contributed by atoms with Crippen molar-refractivity contribution in [3.63, 3.8) is 0 Å². The van der Waals surface area contributed by atoms with Crippen molar-refractivity contribution < 1.29 is 14.3 Å². The molecule has 9 nitrogen and oxygen atoms in total. The summed E-state index contributed by atoms with van der Waals surface area (Å²) in [5, 5.41) is 6.33. The second kappa shape index (κ2) is 11.4. The number of carbonyl (C=O) groups is 1. The summed E-state index contributed by atoms with van der Waals surface area (Å²) in [7, 11) is 1.98. The van der Waals surface area contributed by atoms with Gasteiger partial charge in [0.05, 0.1) is 24.2 Å². The van der Waals surface area contributed by atoms with Gasteiger partial charge in [0, 0.05) is 57.2 Å². The Balaban J connectivity index is 1.23. The van der Waals surface area contributed by atoms with E-state index in [1.807, 2.05) is 29.8 Å². The molecule has 0 spiro atoms. The smallest absolute Gasteiger partial charge is 0.270 e. The second-order valence-electron chi connectivity index (χ2n) is 9.01. The van der Waals surface area contributed by atoms with Crippen molar-refractivity contribution in [2.75, 3.05) is 44.7 Å². The highest BCUT2D eigenvalue weighted by Crippen LogP contribution is 2.28. The molecule has 1 fully saturated rings. The van der Waals surface area contributed by atoms with E-state index in [-0.39, 0.29) is 5.91 Å². The zero-order valence-corrected chi connectivity index (χ0v) is 21.2. The number of aromatic nitrogens is 3. The van der Waals surface area contributed by atoms with E-state index in [9.17, 15) is 4.79 Å². The maximum Gasteiger partial charge on any atom is 0.270 e. The molecular formula is C28H32N6O3. The van der Waals surface area contributed by atoms with Gasteiger partial charge in [-0.2, -0.15) is 0 Å². The van der Waals surface area contributed by atoms with Crippen molar-refractivity contribution >= 4 is 28.6 Å². The molecule has 37 heavy (non-hydrogen) atoms. The van der Waals surface area contributed by atoms with Gasteiger partial charge in [0.2, 0.25) is 5.95 Å². The van der Waals surface area contributed by atoms with Crippen molar-refractivity contribution in [1.29, 1.82) is 0 Å². The number of hydrogen-bond acceptors (Lipinski definition) is 7. The van der Waals surface area contributed by atoms with E-state index in [4.69, 9.17) is 14.5 Å². The number of nitrogens with one attached hydrogen (secondary N) is 2. The summed E-state index contributed by atoms with van der Waals surface area (Å²) in [4.78, 5) is 23.8. The number of pyridine rings is 1. The van der Waals surface area contributed by atoms with E-state index in [1.54, 1.807) is 18.3 Å². The number of fused-ring (bicyclic) bond motifs is 1. The Morgan fingerprint density at radius 1 is 1.05 bits per heavy atom. The summed E-state index contributed by atoms with van der Waals surface area (Å²) in [6.45, 7) is 6.75. The highest BCUT2D eigenvalue weighted by atomic mass is 16.5. The maximum atomic E-state index is 12.6. The fourth-order valence-electron chi connectivity index (χ4n) is 4.29. The molecule has 1 aliphatic heterocycles. The predicted molar refractivity (Wildman–Crippen MR) is 144 cm³/mol. The van der Waals surface area contributed by atoms with E-state index in [1.165, 1.54) is 5.56 Å². The number of ether oxygens (including phenoxy) is 2. The van der Waals surface area contributed by atoms with Gasteiger partial charge in [-0.3, -0.25) is 14.7 Å². The minimum Gasteiger partial charge on any atom is -0.457 e.